The van der Waals surface area contributed by atoms with Crippen molar-refractivity contribution in [3.63, 3.8) is 0 Å². The molecular formula is C24H25NO6. The number of nitrogens with one attached hydrogen (secondary N) is 1. The topological polar surface area (TPSA) is 94.8 Å². The van der Waals surface area contributed by atoms with Gasteiger partial charge in [-0.15, -0.1) is 0 Å². The fraction of sp³-hybridized carbons (Fsp3) is 0.292. The zero-order valence-electron chi connectivity index (χ0n) is 17.7. The van der Waals surface area contributed by atoms with Crippen molar-refractivity contribution < 1.29 is 23.5 Å². The van der Waals surface area contributed by atoms with E-state index in [9.17, 15) is 14.4 Å². The summed E-state index contributed by atoms with van der Waals surface area (Å²) in [6, 6.07) is 16.2. The summed E-state index contributed by atoms with van der Waals surface area (Å²) in [5.41, 5.74) is 1.82. The molecule has 0 fully saturated rings. The number of ether oxygens (including phenoxy) is 2. The largest absolute Gasteiger partial charge is 0.482 e. The Morgan fingerprint density at radius 2 is 1.81 bits per heavy atom. The van der Waals surface area contributed by atoms with E-state index in [0.29, 0.717) is 17.9 Å². The maximum Gasteiger partial charge on any atom is 0.344 e. The number of fused-ring (bicyclic) bond motifs is 1. The Morgan fingerprint density at radius 1 is 1.06 bits per heavy atom. The molecule has 31 heavy (non-hydrogen) atoms. The van der Waals surface area contributed by atoms with Gasteiger partial charge in [0.2, 0.25) is 0 Å². The van der Waals surface area contributed by atoms with Crippen LogP contribution in [-0.2, 0) is 14.3 Å². The third-order valence-electron chi connectivity index (χ3n) is 4.91. The lowest BCUT2D eigenvalue weighted by atomic mass is 10.0. The van der Waals surface area contributed by atoms with Gasteiger partial charge < -0.3 is 19.2 Å². The summed E-state index contributed by atoms with van der Waals surface area (Å²) in [7, 11) is 0. The van der Waals surface area contributed by atoms with Gasteiger partial charge in [-0.25, -0.2) is 9.59 Å². The quantitative estimate of drug-likeness (QED) is 0.441. The van der Waals surface area contributed by atoms with Gasteiger partial charge in [0, 0.05) is 24.1 Å². The first-order valence-corrected chi connectivity index (χ1v) is 10.0. The number of esters is 1. The first-order chi connectivity index (χ1) is 14.8. The molecule has 1 N–H and O–H groups in total. The minimum Gasteiger partial charge on any atom is -0.482 e. The smallest absolute Gasteiger partial charge is 0.344 e. The number of benzene rings is 2. The Morgan fingerprint density at radius 3 is 2.55 bits per heavy atom. The molecule has 2 atom stereocenters. The lowest BCUT2D eigenvalue weighted by molar-refractivity contribution is -0.156. The molecule has 0 unspecified atom stereocenters. The summed E-state index contributed by atoms with van der Waals surface area (Å²) in [4.78, 5) is 35.8. The van der Waals surface area contributed by atoms with Crippen LogP contribution in [0.1, 0.15) is 30.9 Å². The Kier molecular flexibility index (Phi) is 7.07. The second-order valence-electron chi connectivity index (χ2n) is 7.38. The summed E-state index contributed by atoms with van der Waals surface area (Å²) in [6.45, 7) is 5.38. The molecule has 162 valence electrons. The number of hydrogen-bond donors (Lipinski definition) is 1. The third kappa shape index (κ3) is 5.94. The molecule has 0 saturated carbocycles. The van der Waals surface area contributed by atoms with E-state index in [1.54, 1.807) is 12.1 Å². The van der Waals surface area contributed by atoms with E-state index < -0.39 is 17.7 Å². The van der Waals surface area contributed by atoms with Crippen molar-refractivity contribution in [3.8, 4) is 5.75 Å². The summed E-state index contributed by atoms with van der Waals surface area (Å²) >= 11 is 0. The normalized spacial score (nSPS) is 12.7. The lowest BCUT2D eigenvalue weighted by Gasteiger charge is -2.17. The molecule has 2 aromatic carbocycles. The SMILES string of the molecule is Cc1cc(=O)oc2cc(OCC(=O)O[C@H](C)C(=O)NC[C@@H](C)c3ccccc3)ccc12. The van der Waals surface area contributed by atoms with Crippen LogP contribution in [0.25, 0.3) is 11.0 Å². The average molecular weight is 423 g/mol. The van der Waals surface area contributed by atoms with E-state index in [-0.39, 0.29) is 18.4 Å². The van der Waals surface area contributed by atoms with Crippen LogP contribution >= 0.6 is 0 Å². The maximum atomic E-state index is 12.2. The summed E-state index contributed by atoms with van der Waals surface area (Å²) in [6.07, 6.45) is -0.948. The minimum atomic E-state index is -0.948. The van der Waals surface area contributed by atoms with E-state index in [1.165, 1.54) is 19.1 Å². The summed E-state index contributed by atoms with van der Waals surface area (Å²) in [5.74, 6) is -0.566. The predicted molar refractivity (Wildman–Crippen MR) is 116 cm³/mol. The van der Waals surface area contributed by atoms with Crippen LogP contribution in [0.15, 0.2) is 63.8 Å². The standard InChI is InChI=1S/C24H25NO6/c1-15-11-22(26)31-21-12-19(9-10-20(15)21)29-14-23(27)30-17(3)24(28)25-13-16(2)18-7-5-4-6-8-18/h4-12,16-17H,13-14H2,1-3H3,(H,25,28)/t16-,17-/m1/s1. The van der Waals surface area contributed by atoms with Gasteiger partial charge in [0.1, 0.15) is 11.3 Å². The van der Waals surface area contributed by atoms with Crippen molar-refractivity contribution in [2.45, 2.75) is 32.8 Å². The van der Waals surface area contributed by atoms with Crippen molar-refractivity contribution in [1.82, 2.24) is 5.32 Å². The lowest BCUT2D eigenvalue weighted by Crippen LogP contribution is -2.38. The van der Waals surface area contributed by atoms with Crippen molar-refractivity contribution in [3.05, 3.63) is 76.1 Å². The molecule has 1 amide bonds. The molecule has 7 nitrogen and oxygen atoms in total. The zero-order chi connectivity index (χ0) is 22.4. The fourth-order valence-electron chi connectivity index (χ4n) is 3.12. The number of rotatable bonds is 8. The van der Waals surface area contributed by atoms with Crippen molar-refractivity contribution >= 4 is 22.8 Å². The van der Waals surface area contributed by atoms with Crippen molar-refractivity contribution in [2.24, 2.45) is 0 Å². The molecule has 0 radical (unpaired) electrons. The maximum absolute atomic E-state index is 12.2. The first-order valence-electron chi connectivity index (χ1n) is 10.0. The zero-order valence-corrected chi connectivity index (χ0v) is 17.7. The van der Waals surface area contributed by atoms with Gasteiger partial charge >= 0.3 is 11.6 Å². The summed E-state index contributed by atoms with van der Waals surface area (Å²) in [5, 5.41) is 3.57. The molecule has 0 aliphatic heterocycles. The van der Waals surface area contributed by atoms with Crippen molar-refractivity contribution in [2.75, 3.05) is 13.2 Å². The van der Waals surface area contributed by atoms with E-state index in [1.807, 2.05) is 44.2 Å². The second-order valence-corrected chi connectivity index (χ2v) is 7.38. The van der Waals surface area contributed by atoms with E-state index in [0.717, 1.165) is 16.5 Å². The molecular weight excluding hydrogens is 398 g/mol. The van der Waals surface area contributed by atoms with Gasteiger partial charge in [-0.3, -0.25) is 4.79 Å². The second kappa shape index (κ2) is 9.93. The van der Waals surface area contributed by atoms with Crippen LogP contribution in [0.3, 0.4) is 0 Å². The molecule has 1 aromatic heterocycles. The average Bonchev–Trinajstić information content (AvgIpc) is 2.75. The highest BCUT2D eigenvalue weighted by molar-refractivity contribution is 5.84. The Balaban J connectivity index is 1.48. The third-order valence-corrected chi connectivity index (χ3v) is 4.91. The molecule has 1 heterocycles. The Labute approximate surface area is 180 Å². The van der Waals surface area contributed by atoms with Gasteiger partial charge in [-0.2, -0.15) is 0 Å². The van der Waals surface area contributed by atoms with E-state index in [4.69, 9.17) is 13.9 Å². The van der Waals surface area contributed by atoms with Crippen LogP contribution < -0.4 is 15.7 Å². The van der Waals surface area contributed by atoms with Crippen LogP contribution in [-0.4, -0.2) is 31.1 Å². The number of carbonyl (C=O) groups is 2. The van der Waals surface area contributed by atoms with E-state index >= 15 is 0 Å². The van der Waals surface area contributed by atoms with Crippen molar-refractivity contribution in [1.29, 1.82) is 0 Å². The molecule has 0 spiro atoms. The van der Waals surface area contributed by atoms with Crippen LogP contribution in [0, 0.1) is 6.92 Å². The van der Waals surface area contributed by atoms with Gasteiger partial charge in [0.15, 0.2) is 12.7 Å². The highest BCUT2D eigenvalue weighted by atomic mass is 16.6. The number of aryl methyl sites for hydroxylation is 1. The Hall–Kier alpha value is -3.61. The molecule has 3 rings (SSSR count). The number of carbonyl (C=O) groups excluding carboxylic acids is 2. The van der Waals surface area contributed by atoms with Gasteiger partial charge in [0.05, 0.1) is 0 Å². The predicted octanol–water partition coefficient (Wildman–Crippen LogP) is 3.33. The van der Waals surface area contributed by atoms with Gasteiger partial charge in [-0.05, 0) is 43.0 Å². The van der Waals surface area contributed by atoms with Gasteiger partial charge in [-0.1, -0.05) is 37.3 Å². The highest BCUT2D eigenvalue weighted by Crippen LogP contribution is 2.22. The number of amides is 1. The molecule has 0 aliphatic rings. The van der Waals surface area contributed by atoms with E-state index in [2.05, 4.69) is 5.32 Å². The first kappa shape index (κ1) is 22.1. The molecule has 0 saturated heterocycles. The Bertz CT molecular complexity index is 1120. The monoisotopic (exact) mass is 423 g/mol. The number of hydrogen-bond acceptors (Lipinski definition) is 6. The van der Waals surface area contributed by atoms with Crippen LogP contribution in [0.2, 0.25) is 0 Å². The van der Waals surface area contributed by atoms with Crippen LogP contribution in [0.5, 0.6) is 5.75 Å². The van der Waals surface area contributed by atoms with Gasteiger partial charge in [0.25, 0.3) is 5.91 Å². The minimum absolute atomic E-state index is 0.132. The molecule has 7 heteroatoms. The molecule has 3 aromatic rings. The summed E-state index contributed by atoms with van der Waals surface area (Å²) < 4.78 is 15.7. The molecule has 0 aliphatic carbocycles. The highest BCUT2D eigenvalue weighted by Gasteiger charge is 2.19. The fourth-order valence-corrected chi connectivity index (χ4v) is 3.12. The molecule has 0 bridgehead atoms. The van der Waals surface area contributed by atoms with Crippen LogP contribution in [0.4, 0.5) is 0 Å².